The molecule has 3 rings (SSSR count). The van der Waals surface area contributed by atoms with Crippen molar-refractivity contribution in [1.29, 1.82) is 0 Å². The van der Waals surface area contributed by atoms with Crippen molar-refractivity contribution in [3.05, 3.63) is 64.2 Å². The number of rotatable bonds is 6. The maximum absolute atomic E-state index is 11.9. The van der Waals surface area contributed by atoms with Crippen molar-refractivity contribution < 1.29 is 18.7 Å². The van der Waals surface area contributed by atoms with Gasteiger partial charge in [-0.25, -0.2) is 0 Å². The molecule has 0 fully saturated rings. The zero-order valence-electron chi connectivity index (χ0n) is 13.2. The number of hydrogen-bond acceptors (Lipinski definition) is 7. The quantitative estimate of drug-likeness (QED) is 0.539. The lowest BCUT2D eigenvalue weighted by atomic mass is 10.1. The Labute approximate surface area is 141 Å². The third-order valence-corrected chi connectivity index (χ3v) is 3.46. The van der Waals surface area contributed by atoms with Crippen LogP contribution in [0.1, 0.15) is 29.3 Å². The van der Waals surface area contributed by atoms with E-state index in [1.54, 1.807) is 0 Å². The molecule has 9 heteroatoms. The molecule has 0 saturated carbocycles. The summed E-state index contributed by atoms with van der Waals surface area (Å²) in [5, 5.41) is 17.1. The SMILES string of the molecule is C[C@@H](CNC(=O)c1ccc([N+](=O)[O-])o1)c1nc(-c2ccccc2)no1. The van der Waals surface area contributed by atoms with Gasteiger partial charge in [-0.3, -0.25) is 14.9 Å². The molecule has 0 bridgehead atoms. The third-order valence-electron chi connectivity index (χ3n) is 3.46. The Bertz CT molecular complexity index is 887. The van der Waals surface area contributed by atoms with Gasteiger partial charge in [-0.1, -0.05) is 42.4 Å². The lowest BCUT2D eigenvalue weighted by Crippen LogP contribution is -2.27. The monoisotopic (exact) mass is 342 g/mol. The van der Waals surface area contributed by atoms with Crippen LogP contribution in [0.4, 0.5) is 5.88 Å². The Hall–Kier alpha value is -3.49. The van der Waals surface area contributed by atoms with Crippen molar-refractivity contribution in [3.63, 3.8) is 0 Å². The van der Waals surface area contributed by atoms with Crippen molar-refractivity contribution >= 4 is 11.8 Å². The molecule has 2 aromatic heterocycles. The molecule has 0 unspecified atom stereocenters. The van der Waals surface area contributed by atoms with Crippen molar-refractivity contribution in [1.82, 2.24) is 15.5 Å². The number of carbonyl (C=O) groups is 1. The van der Waals surface area contributed by atoms with E-state index in [0.29, 0.717) is 11.7 Å². The second kappa shape index (κ2) is 6.95. The highest BCUT2D eigenvalue weighted by molar-refractivity contribution is 5.91. The van der Waals surface area contributed by atoms with Crippen LogP contribution in [0, 0.1) is 10.1 Å². The number of hydrogen-bond donors (Lipinski definition) is 1. The Morgan fingerprint density at radius 2 is 2.04 bits per heavy atom. The number of aromatic nitrogens is 2. The number of nitrogens with one attached hydrogen (secondary N) is 1. The highest BCUT2D eigenvalue weighted by Gasteiger charge is 2.20. The lowest BCUT2D eigenvalue weighted by molar-refractivity contribution is -0.402. The van der Waals surface area contributed by atoms with Crippen molar-refractivity contribution in [2.24, 2.45) is 0 Å². The number of nitrogens with zero attached hydrogens (tertiary/aromatic N) is 3. The number of nitro groups is 1. The number of benzene rings is 1. The molecule has 2 heterocycles. The minimum absolute atomic E-state index is 0.130. The first-order chi connectivity index (χ1) is 12.0. The topological polar surface area (TPSA) is 124 Å². The van der Waals surface area contributed by atoms with E-state index in [2.05, 4.69) is 15.5 Å². The average molecular weight is 342 g/mol. The van der Waals surface area contributed by atoms with Gasteiger partial charge in [0, 0.05) is 12.1 Å². The summed E-state index contributed by atoms with van der Waals surface area (Å²) in [5.41, 5.74) is 0.830. The van der Waals surface area contributed by atoms with Gasteiger partial charge in [0.15, 0.2) is 5.76 Å². The smallest absolute Gasteiger partial charge is 0.395 e. The van der Waals surface area contributed by atoms with Crippen LogP contribution in [0.15, 0.2) is 51.4 Å². The molecule has 0 aliphatic heterocycles. The van der Waals surface area contributed by atoms with Gasteiger partial charge in [0.05, 0.1) is 12.0 Å². The van der Waals surface area contributed by atoms with Crippen LogP contribution < -0.4 is 5.32 Å². The molecule has 1 aromatic carbocycles. The second-order valence-electron chi connectivity index (χ2n) is 5.33. The molecule has 1 amide bonds. The first kappa shape index (κ1) is 16.4. The lowest BCUT2D eigenvalue weighted by Gasteiger charge is -2.07. The van der Waals surface area contributed by atoms with Crippen LogP contribution in [0.2, 0.25) is 0 Å². The average Bonchev–Trinajstić information content (AvgIpc) is 3.29. The largest absolute Gasteiger partial charge is 0.433 e. The minimum atomic E-state index is -0.705. The Morgan fingerprint density at radius 3 is 2.72 bits per heavy atom. The summed E-state index contributed by atoms with van der Waals surface area (Å²) in [4.78, 5) is 26.1. The van der Waals surface area contributed by atoms with Crippen molar-refractivity contribution in [3.8, 4) is 11.4 Å². The fourth-order valence-electron chi connectivity index (χ4n) is 2.11. The fourth-order valence-corrected chi connectivity index (χ4v) is 2.11. The van der Waals surface area contributed by atoms with Crippen LogP contribution in [-0.4, -0.2) is 27.5 Å². The Kier molecular flexibility index (Phi) is 4.55. The predicted molar refractivity (Wildman–Crippen MR) is 85.8 cm³/mol. The molecule has 1 atom stereocenters. The first-order valence-electron chi connectivity index (χ1n) is 7.46. The molecule has 128 valence electrons. The van der Waals surface area contributed by atoms with E-state index in [9.17, 15) is 14.9 Å². The third kappa shape index (κ3) is 3.71. The van der Waals surface area contributed by atoms with Crippen LogP contribution in [0.5, 0.6) is 0 Å². The molecule has 25 heavy (non-hydrogen) atoms. The van der Waals surface area contributed by atoms with Crippen LogP contribution >= 0.6 is 0 Å². The van der Waals surface area contributed by atoms with E-state index in [1.165, 1.54) is 6.07 Å². The molecule has 0 saturated heterocycles. The maximum atomic E-state index is 11.9. The summed E-state index contributed by atoms with van der Waals surface area (Å²) in [6, 6.07) is 11.7. The zero-order chi connectivity index (χ0) is 17.8. The van der Waals surface area contributed by atoms with E-state index >= 15 is 0 Å². The van der Waals surface area contributed by atoms with Gasteiger partial charge in [0.1, 0.15) is 4.92 Å². The van der Waals surface area contributed by atoms with Crippen molar-refractivity contribution in [2.45, 2.75) is 12.8 Å². The van der Waals surface area contributed by atoms with E-state index in [-0.39, 0.29) is 18.2 Å². The molecule has 0 aliphatic rings. The number of carbonyl (C=O) groups excluding carboxylic acids is 1. The molecule has 0 aliphatic carbocycles. The predicted octanol–water partition coefficient (Wildman–Crippen LogP) is 2.77. The molecule has 1 N–H and O–H groups in total. The molecular formula is C16H14N4O5. The molecule has 0 radical (unpaired) electrons. The fraction of sp³-hybridized carbons (Fsp3) is 0.188. The number of furan rings is 1. The van der Waals surface area contributed by atoms with Crippen LogP contribution in [0.3, 0.4) is 0 Å². The minimum Gasteiger partial charge on any atom is -0.395 e. The van der Waals surface area contributed by atoms with E-state index in [1.807, 2.05) is 37.3 Å². The van der Waals surface area contributed by atoms with E-state index in [4.69, 9.17) is 8.94 Å². The Balaban J connectivity index is 1.60. The molecule has 9 nitrogen and oxygen atoms in total. The van der Waals surface area contributed by atoms with Gasteiger partial charge < -0.3 is 14.3 Å². The highest BCUT2D eigenvalue weighted by Crippen LogP contribution is 2.19. The van der Waals surface area contributed by atoms with Gasteiger partial charge in [0.2, 0.25) is 11.7 Å². The highest BCUT2D eigenvalue weighted by atomic mass is 16.6. The molecule has 0 spiro atoms. The standard InChI is InChI=1S/C16H14N4O5/c1-10(9-17-15(21)12-7-8-13(24-12)20(22)23)16-18-14(19-25-16)11-5-3-2-4-6-11/h2-8,10H,9H2,1H3,(H,17,21)/t10-/m0/s1. The van der Waals surface area contributed by atoms with Gasteiger partial charge in [0.25, 0.3) is 5.91 Å². The summed E-state index contributed by atoms with van der Waals surface area (Å²) in [5.74, 6) is -0.557. The van der Waals surface area contributed by atoms with Crippen LogP contribution in [0.25, 0.3) is 11.4 Å². The molecule has 3 aromatic rings. The van der Waals surface area contributed by atoms with Gasteiger partial charge in [-0.2, -0.15) is 4.98 Å². The van der Waals surface area contributed by atoms with Crippen molar-refractivity contribution in [2.75, 3.05) is 6.54 Å². The van der Waals surface area contributed by atoms with Gasteiger partial charge >= 0.3 is 5.88 Å². The van der Waals surface area contributed by atoms with Gasteiger partial charge in [-0.15, -0.1) is 0 Å². The zero-order valence-corrected chi connectivity index (χ0v) is 13.2. The molecular weight excluding hydrogens is 328 g/mol. The Morgan fingerprint density at radius 1 is 1.28 bits per heavy atom. The summed E-state index contributed by atoms with van der Waals surface area (Å²) < 4.78 is 10.1. The maximum Gasteiger partial charge on any atom is 0.433 e. The normalized spacial score (nSPS) is 11.9. The first-order valence-corrected chi connectivity index (χ1v) is 7.46. The van der Waals surface area contributed by atoms with E-state index < -0.39 is 16.7 Å². The number of amides is 1. The van der Waals surface area contributed by atoms with E-state index in [0.717, 1.165) is 11.6 Å². The summed E-state index contributed by atoms with van der Waals surface area (Å²) in [6.07, 6.45) is 0. The second-order valence-corrected chi connectivity index (χ2v) is 5.33. The van der Waals surface area contributed by atoms with Gasteiger partial charge in [-0.05, 0) is 6.07 Å². The van der Waals surface area contributed by atoms with Crippen LogP contribution in [-0.2, 0) is 0 Å². The summed E-state index contributed by atoms with van der Waals surface area (Å²) in [7, 11) is 0. The summed E-state index contributed by atoms with van der Waals surface area (Å²) in [6.45, 7) is 2.02. The summed E-state index contributed by atoms with van der Waals surface area (Å²) >= 11 is 0.